The third-order valence-electron chi connectivity index (χ3n) is 9.60. The third kappa shape index (κ3) is 6.21. The van der Waals surface area contributed by atoms with E-state index in [0.717, 1.165) is 0 Å². The summed E-state index contributed by atoms with van der Waals surface area (Å²) in [6, 6.07) is 37.2. The fraction of sp³-hybridized carbons (Fsp3) is 0.0698. The Morgan fingerprint density at radius 1 is 0.714 bits per heavy atom. The van der Waals surface area contributed by atoms with Crippen LogP contribution >= 0.6 is 7.14 Å². The van der Waals surface area contributed by atoms with E-state index in [0.29, 0.717) is 32.9 Å². The van der Waals surface area contributed by atoms with E-state index >= 15 is 0 Å². The molecule has 278 valence electrons. The number of hydrogen-bond donors (Lipinski definition) is 4. The fourth-order valence-electron chi connectivity index (χ4n) is 6.94. The van der Waals surface area contributed by atoms with E-state index in [4.69, 9.17) is 14.2 Å². The Hall–Kier alpha value is -7.17. The highest BCUT2D eigenvalue weighted by Crippen LogP contribution is 2.59. The minimum atomic E-state index is -3.36. The number of rotatable bonds is 9. The lowest BCUT2D eigenvalue weighted by molar-refractivity contribution is -0.115. The number of hydrogen-bond acceptors (Lipinski definition) is 10. The number of amides is 2. The topological polar surface area (TPSA) is 178 Å². The molecule has 0 fully saturated rings. The summed E-state index contributed by atoms with van der Waals surface area (Å²) < 4.78 is 32.1. The lowest BCUT2D eigenvalue weighted by atomic mass is 9.77. The number of aromatic hydroxyl groups is 2. The highest BCUT2D eigenvalue weighted by molar-refractivity contribution is 7.78. The number of carbonyl (C=O) groups is 4. The highest BCUT2D eigenvalue weighted by Gasteiger charge is 2.54. The second-order valence-corrected chi connectivity index (χ2v) is 15.8. The van der Waals surface area contributed by atoms with Crippen LogP contribution in [-0.2, 0) is 24.4 Å². The fourth-order valence-corrected chi connectivity index (χ4v) is 9.14. The predicted octanol–water partition coefficient (Wildman–Crippen LogP) is 6.16. The second-order valence-electron chi connectivity index (χ2n) is 13.0. The average molecular weight is 767 g/mol. The van der Waals surface area contributed by atoms with Crippen LogP contribution in [0.1, 0.15) is 47.8 Å². The molecule has 2 aliphatic heterocycles. The van der Waals surface area contributed by atoms with E-state index < -0.39 is 49.4 Å². The molecule has 56 heavy (non-hydrogen) atoms. The minimum absolute atomic E-state index is 0.0298. The summed E-state index contributed by atoms with van der Waals surface area (Å²) >= 11 is 0. The van der Waals surface area contributed by atoms with Gasteiger partial charge in [0.15, 0.2) is 24.8 Å². The number of fused-ring (bicyclic) bond motifs is 6. The molecule has 6 aromatic carbocycles. The Balaban J connectivity index is 0.988. The Kier molecular flexibility index (Phi) is 9.11. The van der Waals surface area contributed by atoms with Crippen molar-refractivity contribution >= 4 is 47.2 Å². The van der Waals surface area contributed by atoms with Crippen molar-refractivity contribution in [2.75, 3.05) is 18.2 Å². The van der Waals surface area contributed by atoms with E-state index in [9.17, 15) is 34.0 Å². The summed E-state index contributed by atoms with van der Waals surface area (Å²) in [6.07, 6.45) is -0.404. The quantitative estimate of drug-likeness (QED) is 0.0757. The number of benzene rings is 6. The van der Waals surface area contributed by atoms with Gasteiger partial charge in [0.05, 0.1) is 23.2 Å². The maximum absolute atomic E-state index is 14.3. The Morgan fingerprint density at radius 3 is 2.11 bits per heavy atom. The molecule has 1 atom stereocenters. The van der Waals surface area contributed by atoms with Gasteiger partial charge < -0.3 is 39.6 Å². The van der Waals surface area contributed by atoms with Crippen LogP contribution in [0.2, 0.25) is 0 Å². The first-order chi connectivity index (χ1) is 27.1. The molecule has 4 N–H and O–H groups in total. The van der Waals surface area contributed by atoms with Crippen molar-refractivity contribution in [2.45, 2.75) is 5.60 Å². The van der Waals surface area contributed by atoms with Crippen molar-refractivity contribution in [3.63, 3.8) is 0 Å². The number of esters is 2. The van der Waals surface area contributed by atoms with Gasteiger partial charge >= 0.3 is 11.9 Å². The lowest BCUT2D eigenvalue weighted by Gasteiger charge is -2.37. The molecule has 13 heteroatoms. The van der Waals surface area contributed by atoms with Gasteiger partial charge in [-0.3, -0.25) is 9.59 Å². The van der Waals surface area contributed by atoms with Crippen LogP contribution in [0, 0.1) is 0 Å². The first-order valence-corrected chi connectivity index (χ1v) is 19.2. The summed E-state index contributed by atoms with van der Waals surface area (Å²) in [4.78, 5) is 52.9. The zero-order chi connectivity index (χ0) is 39.0. The van der Waals surface area contributed by atoms with Crippen LogP contribution in [0.3, 0.4) is 0 Å². The monoisotopic (exact) mass is 766 g/mol. The molecule has 2 aliphatic rings. The van der Waals surface area contributed by atoms with E-state index in [1.54, 1.807) is 91.0 Å². The minimum Gasteiger partial charge on any atom is -0.508 e. The predicted molar refractivity (Wildman–Crippen MR) is 205 cm³/mol. The molecular formula is C43H31N2O10P. The third-order valence-corrected chi connectivity index (χ3v) is 12.4. The van der Waals surface area contributed by atoms with Gasteiger partial charge in [0.25, 0.3) is 5.91 Å². The van der Waals surface area contributed by atoms with E-state index in [1.165, 1.54) is 48.5 Å². The standard InChI is InChI=1S/C43H31N2O10P/c46-28-18-19-33-36(23-28)54-39-34(43(33)32-17-8-7-16-31(32)42(51)55-43)20-21-35(47)38(39)45-37(48)24-44-40(49)26-10-9-11-27(22-26)41(50)53-25-56(52,29-12-3-1-4-13-29)30-14-5-2-6-15-30/h1-23,46-47H,24-25H2,(H,44,49)(H,45,48). The first-order valence-electron chi connectivity index (χ1n) is 17.3. The largest absolute Gasteiger partial charge is 0.508 e. The van der Waals surface area contributed by atoms with E-state index in [2.05, 4.69) is 10.6 Å². The number of phenolic OH excluding ortho intramolecular Hbond substituents is 2. The lowest BCUT2D eigenvalue weighted by Crippen LogP contribution is -2.35. The van der Waals surface area contributed by atoms with Crippen molar-refractivity contribution < 1.29 is 48.2 Å². The Bertz CT molecular complexity index is 2570. The van der Waals surface area contributed by atoms with Crippen molar-refractivity contribution in [1.29, 1.82) is 0 Å². The molecule has 6 aromatic rings. The molecular weight excluding hydrogens is 735 g/mol. The van der Waals surface area contributed by atoms with Gasteiger partial charge in [-0.15, -0.1) is 0 Å². The zero-order valence-electron chi connectivity index (χ0n) is 29.3. The maximum Gasteiger partial charge on any atom is 0.340 e. The highest BCUT2D eigenvalue weighted by atomic mass is 31.2. The molecule has 0 aromatic heterocycles. The Morgan fingerprint density at radius 2 is 1.38 bits per heavy atom. The zero-order valence-corrected chi connectivity index (χ0v) is 30.2. The number of phenols is 2. The number of carbonyl (C=O) groups excluding carboxylic acids is 4. The summed E-state index contributed by atoms with van der Waals surface area (Å²) in [5, 5.41) is 27.4. The molecule has 0 aliphatic carbocycles. The van der Waals surface area contributed by atoms with Gasteiger partial charge in [0.2, 0.25) is 5.91 Å². The molecule has 2 amide bonds. The molecule has 12 nitrogen and oxygen atoms in total. The number of anilines is 1. The average Bonchev–Trinajstić information content (AvgIpc) is 3.52. The van der Waals surface area contributed by atoms with Gasteiger partial charge in [-0.25, -0.2) is 9.59 Å². The van der Waals surface area contributed by atoms with Crippen LogP contribution in [0.4, 0.5) is 5.69 Å². The summed E-state index contributed by atoms with van der Waals surface area (Å²) in [5.41, 5.74) is -0.0716. The summed E-state index contributed by atoms with van der Waals surface area (Å²) in [5.74, 6) is -3.26. The molecule has 0 saturated heterocycles. The van der Waals surface area contributed by atoms with Gasteiger partial charge in [0, 0.05) is 33.4 Å². The van der Waals surface area contributed by atoms with Crippen LogP contribution in [0.15, 0.2) is 140 Å². The molecule has 1 spiro atoms. The van der Waals surface area contributed by atoms with Gasteiger partial charge in [-0.2, -0.15) is 0 Å². The molecule has 8 rings (SSSR count). The Labute approximate surface area is 319 Å². The van der Waals surface area contributed by atoms with Crippen molar-refractivity contribution in [3.05, 3.63) is 173 Å². The van der Waals surface area contributed by atoms with E-state index in [1.807, 2.05) is 0 Å². The molecule has 0 saturated carbocycles. The summed E-state index contributed by atoms with van der Waals surface area (Å²) in [7, 11) is -3.36. The van der Waals surface area contributed by atoms with Crippen molar-refractivity contribution in [1.82, 2.24) is 5.32 Å². The first kappa shape index (κ1) is 35.8. The van der Waals surface area contributed by atoms with Crippen molar-refractivity contribution in [2.24, 2.45) is 0 Å². The van der Waals surface area contributed by atoms with Gasteiger partial charge in [-0.1, -0.05) is 84.9 Å². The number of nitrogens with one attached hydrogen (secondary N) is 2. The normalized spacial score (nSPS) is 15.0. The van der Waals surface area contributed by atoms with Gasteiger partial charge in [0.1, 0.15) is 22.9 Å². The molecule has 1 unspecified atom stereocenters. The summed E-state index contributed by atoms with van der Waals surface area (Å²) in [6.45, 7) is -0.561. The smallest absolute Gasteiger partial charge is 0.340 e. The van der Waals surface area contributed by atoms with E-state index in [-0.39, 0.29) is 39.8 Å². The van der Waals surface area contributed by atoms with Crippen molar-refractivity contribution in [3.8, 4) is 23.0 Å². The van der Waals surface area contributed by atoms with Crippen LogP contribution in [0.5, 0.6) is 23.0 Å². The SMILES string of the molecule is O=C(CNC(=O)c1cccc(C(=O)OCP(=O)(c2ccccc2)c2ccccc2)c1)Nc1c(O)ccc2c1Oc1cc(O)ccc1C21OC(=O)c2ccccc21. The molecule has 2 heterocycles. The second kappa shape index (κ2) is 14.2. The maximum atomic E-state index is 14.3. The van der Waals surface area contributed by atoms with Crippen LogP contribution in [0.25, 0.3) is 0 Å². The van der Waals surface area contributed by atoms with Crippen LogP contribution in [-0.4, -0.2) is 46.9 Å². The molecule has 0 radical (unpaired) electrons. The van der Waals surface area contributed by atoms with Gasteiger partial charge in [-0.05, 0) is 48.5 Å². The number of ether oxygens (including phenoxy) is 3. The van der Waals surface area contributed by atoms with Crippen LogP contribution < -0.4 is 26.0 Å². The molecule has 0 bridgehead atoms.